The molecule has 0 aliphatic carbocycles. The molecule has 0 bridgehead atoms. The Morgan fingerprint density at radius 1 is 1.25 bits per heavy atom. The fourth-order valence-electron chi connectivity index (χ4n) is 1.51. The molecule has 1 rings (SSSR count). The molecule has 0 aromatic heterocycles. The van der Waals surface area contributed by atoms with Crippen molar-refractivity contribution in [2.75, 3.05) is 34.3 Å². The molecule has 0 unspecified atom stereocenters. The molecular weight excluding hydrogens is 256 g/mol. The first-order valence-corrected chi connectivity index (χ1v) is 6.11. The lowest BCUT2D eigenvalue weighted by Gasteiger charge is -2.19. The van der Waals surface area contributed by atoms with Gasteiger partial charge in [-0.1, -0.05) is 17.9 Å². The van der Waals surface area contributed by atoms with Crippen molar-refractivity contribution in [3.05, 3.63) is 35.4 Å². The predicted octanol–water partition coefficient (Wildman–Crippen LogP) is 0.191. The molecule has 0 saturated heterocycles. The predicted molar refractivity (Wildman–Crippen MR) is 76.1 cm³/mol. The first-order chi connectivity index (χ1) is 9.45. The highest BCUT2D eigenvalue weighted by molar-refractivity contribution is 5.96. The molecule has 106 valence electrons. The molecule has 0 spiro atoms. The minimum absolute atomic E-state index is 0.0262. The van der Waals surface area contributed by atoms with Crippen LogP contribution in [-0.2, 0) is 4.79 Å². The monoisotopic (exact) mass is 274 g/mol. The van der Waals surface area contributed by atoms with E-state index in [1.165, 1.54) is 9.80 Å². The third kappa shape index (κ3) is 4.41. The molecule has 2 amide bonds. The van der Waals surface area contributed by atoms with Crippen LogP contribution in [0, 0.1) is 11.8 Å². The van der Waals surface area contributed by atoms with Crippen molar-refractivity contribution < 1.29 is 14.7 Å². The topological polar surface area (TPSA) is 60.9 Å². The molecule has 1 aromatic carbocycles. The van der Waals surface area contributed by atoms with E-state index in [4.69, 9.17) is 5.11 Å². The zero-order valence-corrected chi connectivity index (χ0v) is 11.9. The fraction of sp³-hybridized carbons (Fsp3) is 0.333. The molecule has 0 fully saturated rings. The smallest absolute Gasteiger partial charge is 0.254 e. The van der Waals surface area contributed by atoms with E-state index in [-0.39, 0.29) is 25.0 Å². The van der Waals surface area contributed by atoms with Gasteiger partial charge in [0.25, 0.3) is 5.91 Å². The first-order valence-electron chi connectivity index (χ1n) is 6.11. The number of nitrogens with zero attached hydrogens (tertiary/aromatic N) is 2. The summed E-state index contributed by atoms with van der Waals surface area (Å²) >= 11 is 0. The molecule has 0 atom stereocenters. The minimum Gasteiger partial charge on any atom is -0.384 e. The average Bonchev–Trinajstić information content (AvgIpc) is 2.44. The lowest BCUT2D eigenvalue weighted by Crippen LogP contribution is -2.37. The van der Waals surface area contributed by atoms with Crippen LogP contribution in [0.3, 0.4) is 0 Å². The molecule has 0 saturated carbocycles. The Labute approximate surface area is 118 Å². The SMILES string of the molecule is CN(C)C(=O)CN(C)C(=O)c1cccc(C#CCO)c1. The molecule has 1 N–H and O–H groups in total. The van der Waals surface area contributed by atoms with E-state index in [0.29, 0.717) is 11.1 Å². The lowest BCUT2D eigenvalue weighted by atomic mass is 10.1. The second-order valence-electron chi connectivity index (χ2n) is 4.49. The maximum Gasteiger partial charge on any atom is 0.254 e. The Kier molecular flexibility index (Phi) is 5.75. The van der Waals surface area contributed by atoms with E-state index in [9.17, 15) is 9.59 Å². The van der Waals surface area contributed by atoms with Crippen molar-refractivity contribution in [3.8, 4) is 11.8 Å². The van der Waals surface area contributed by atoms with Gasteiger partial charge in [0.05, 0.1) is 6.54 Å². The summed E-state index contributed by atoms with van der Waals surface area (Å²) in [5.41, 5.74) is 1.11. The average molecular weight is 274 g/mol. The van der Waals surface area contributed by atoms with Gasteiger partial charge in [-0.3, -0.25) is 9.59 Å². The van der Waals surface area contributed by atoms with E-state index >= 15 is 0 Å². The maximum absolute atomic E-state index is 12.2. The molecule has 20 heavy (non-hydrogen) atoms. The molecule has 1 aromatic rings. The van der Waals surface area contributed by atoms with Crippen LogP contribution in [0.2, 0.25) is 0 Å². The van der Waals surface area contributed by atoms with Crippen LogP contribution >= 0.6 is 0 Å². The van der Waals surface area contributed by atoms with Gasteiger partial charge in [0, 0.05) is 32.3 Å². The van der Waals surface area contributed by atoms with Crippen LogP contribution < -0.4 is 0 Å². The highest BCUT2D eigenvalue weighted by atomic mass is 16.2. The highest BCUT2D eigenvalue weighted by Crippen LogP contribution is 2.07. The fourth-order valence-corrected chi connectivity index (χ4v) is 1.51. The second kappa shape index (κ2) is 7.31. The third-order valence-electron chi connectivity index (χ3n) is 2.64. The zero-order valence-electron chi connectivity index (χ0n) is 11.9. The molecule has 0 radical (unpaired) electrons. The second-order valence-corrected chi connectivity index (χ2v) is 4.49. The number of aliphatic hydroxyl groups is 1. The first kappa shape index (κ1) is 15.7. The van der Waals surface area contributed by atoms with E-state index in [1.54, 1.807) is 45.4 Å². The summed E-state index contributed by atoms with van der Waals surface area (Å²) in [5, 5.41) is 8.65. The summed E-state index contributed by atoms with van der Waals surface area (Å²) in [4.78, 5) is 26.6. The van der Waals surface area contributed by atoms with Crippen LogP contribution in [0.4, 0.5) is 0 Å². The third-order valence-corrected chi connectivity index (χ3v) is 2.64. The summed E-state index contributed by atoms with van der Waals surface area (Å²) in [7, 11) is 4.87. The number of rotatable bonds is 3. The number of aliphatic hydroxyl groups excluding tert-OH is 1. The molecule has 0 aliphatic rings. The zero-order chi connectivity index (χ0) is 15.1. The van der Waals surface area contributed by atoms with Crippen LogP contribution in [0.15, 0.2) is 24.3 Å². The summed E-state index contributed by atoms with van der Waals surface area (Å²) in [6, 6.07) is 6.78. The van der Waals surface area contributed by atoms with Gasteiger partial charge in [-0.05, 0) is 18.2 Å². The van der Waals surface area contributed by atoms with E-state index in [1.807, 2.05) is 0 Å². The summed E-state index contributed by atoms with van der Waals surface area (Å²) < 4.78 is 0. The number of hydrogen-bond donors (Lipinski definition) is 1. The molecule has 0 aliphatic heterocycles. The van der Waals surface area contributed by atoms with Crippen LogP contribution in [0.1, 0.15) is 15.9 Å². The standard InChI is InChI=1S/C15H18N2O3/c1-16(2)14(19)11-17(3)15(20)13-8-4-6-12(10-13)7-5-9-18/h4,6,8,10,18H,9,11H2,1-3H3. The number of carbonyl (C=O) groups is 2. The van der Waals surface area contributed by atoms with Gasteiger partial charge in [0.1, 0.15) is 6.61 Å². The van der Waals surface area contributed by atoms with E-state index in [2.05, 4.69) is 11.8 Å². The van der Waals surface area contributed by atoms with Crippen molar-refractivity contribution >= 4 is 11.8 Å². The molecule has 5 heteroatoms. The largest absolute Gasteiger partial charge is 0.384 e. The van der Waals surface area contributed by atoms with Gasteiger partial charge >= 0.3 is 0 Å². The van der Waals surface area contributed by atoms with Crippen molar-refractivity contribution in [3.63, 3.8) is 0 Å². The van der Waals surface area contributed by atoms with Crippen molar-refractivity contribution in [1.82, 2.24) is 9.80 Å². The van der Waals surface area contributed by atoms with Crippen LogP contribution in [0.5, 0.6) is 0 Å². The van der Waals surface area contributed by atoms with E-state index < -0.39 is 0 Å². The van der Waals surface area contributed by atoms with Crippen LogP contribution in [-0.4, -0.2) is 61.0 Å². The summed E-state index contributed by atoms with van der Waals surface area (Å²) in [6.07, 6.45) is 0. The van der Waals surface area contributed by atoms with Gasteiger partial charge in [0.15, 0.2) is 0 Å². The van der Waals surface area contributed by atoms with Crippen molar-refractivity contribution in [2.45, 2.75) is 0 Å². The van der Waals surface area contributed by atoms with Gasteiger partial charge in [0.2, 0.25) is 5.91 Å². The Hall–Kier alpha value is -2.32. The molecular formula is C15H18N2O3. The number of benzene rings is 1. The quantitative estimate of drug-likeness (QED) is 0.801. The number of amides is 2. The minimum atomic E-state index is -0.243. The Morgan fingerprint density at radius 2 is 1.95 bits per heavy atom. The van der Waals surface area contributed by atoms with Crippen molar-refractivity contribution in [2.24, 2.45) is 0 Å². The number of hydrogen-bond acceptors (Lipinski definition) is 3. The Bertz CT molecular complexity index is 556. The number of likely N-dealkylation sites (N-methyl/N-ethyl adjacent to an activating group) is 2. The van der Waals surface area contributed by atoms with Gasteiger partial charge < -0.3 is 14.9 Å². The molecule has 5 nitrogen and oxygen atoms in total. The summed E-state index contributed by atoms with van der Waals surface area (Å²) in [6.45, 7) is -0.201. The lowest BCUT2D eigenvalue weighted by molar-refractivity contribution is -0.129. The summed E-state index contributed by atoms with van der Waals surface area (Å²) in [5.74, 6) is 4.88. The van der Waals surface area contributed by atoms with Crippen molar-refractivity contribution in [1.29, 1.82) is 0 Å². The van der Waals surface area contributed by atoms with Gasteiger partial charge in [-0.2, -0.15) is 0 Å². The number of carbonyl (C=O) groups excluding carboxylic acids is 2. The maximum atomic E-state index is 12.2. The highest BCUT2D eigenvalue weighted by Gasteiger charge is 2.15. The Balaban J connectivity index is 2.84. The van der Waals surface area contributed by atoms with Gasteiger partial charge in [-0.15, -0.1) is 0 Å². The normalized spacial score (nSPS) is 9.40. The van der Waals surface area contributed by atoms with Crippen LogP contribution in [0.25, 0.3) is 0 Å². The Morgan fingerprint density at radius 3 is 2.55 bits per heavy atom. The van der Waals surface area contributed by atoms with Gasteiger partial charge in [-0.25, -0.2) is 0 Å². The molecule has 0 heterocycles. The van der Waals surface area contributed by atoms with E-state index in [0.717, 1.165) is 0 Å².